The highest BCUT2D eigenvalue weighted by molar-refractivity contribution is 6.30. The number of carbonyl (C=O) groups is 1. The third kappa shape index (κ3) is 4.82. The number of benzene rings is 2. The summed E-state index contributed by atoms with van der Waals surface area (Å²) < 4.78 is 17.9. The van der Waals surface area contributed by atoms with E-state index in [2.05, 4.69) is 17.1 Å². The second-order valence-corrected chi connectivity index (χ2v) is 9.64. The number of halogens is 1. The molecule has 0 aliphatic carbocycles. The highest BCUT2D eigenvalue weighted by Crippen LogP contribution is 2.45. The molecule has 5 rings (SSSR count). The van der Waals surface area contributed by atoms with Crippen LogP contribution in [0.2, 0.25) is 5.02 Å². The normalized spacial score (nSPS) is 19.1. The van der Waals surface area contributed by atoms with E-state index in [-0.39, 0.29) is 18.1 Å². The average Bonchev–Trinajstić information content (AvgIpc) is 3.61. The first-order valence-electron chi connectivity index (χ1n) is 12.8. The van der Waals surface area contributed by atoms with Gasteiger partial charge in [-0.3, -0.25) is 9.89 Å². The summed E-state index contributed by atoms with van der Waals surface area (Å²) in [5.74, 6) is 1.33. The van der Waals surface area contributed by atoms with Gasteiger partial charge in [0.05, 0.1) is 31.1 Å². The molecule has 2 aliphatic heterocycles. The Morgan fingerprint density at radius 2 is 1.97 bits per heavy atom. The molecule has 1 aromatic heterocycles. The molecule has 7 nitrogen and oxygen atoms in total. The van der Waals surface area contributed by atoms with Gasteiger partial charge in [0.1, 0.15) is 5.69 Å². The van der Waals surface area contributed by atoms with Gasteiger partial charge in [0.25, 0.3) is 5.91 Å². The highest BCUT2D eigenvalue weighted by Gasteiger charge is 2.43. The molecule has 2 aromatic carbocycles. The zero-order chi connectivity index (χ0) is 25.1. The first-order valence-corrected chi connectivity index (χ1v) is 13.1. The molecule has 2 aliphatic rings. The van der Waals surface area contributed by atoms with Crippen LogP contribution in [0, 0.1) is 0 Å². The minimum absolute atomic E-state index is 0.0235. The van der Waals surface area contributed by atoms with Crippen LogP contribution in [-0.4, -0.2) is 53.5 Å². The molecule has 1 amide bonds. The van der Waals surface area contributed by atoms with Crippen LogP contribution >= 0.6 is 11.6 Å². The number of unbranched alkanes of at least 4 members (excludes halogenated alkanes) is 1. The predicted octanol–water partition coefficient (Wildman–Crippen LogP) is 6.03. The number of amides is 1. The van der Waals surface area contributed by atoms with Crippen molar-refractivity contribution in [3.63, 3.8) is 0 Å². The minimum atomic E-state index is -0.329. The van der Waals surface area contributed by atoms with Gasteiger partial charge in [0.15, 0.2) is 11.5 Å². The summed E-state index contributed by atoms with van der Waals surface area (Å²) in [6, 6.07) is 13.2. The molecule has 1 fully saturated rings. The number of carbonyl (C=O) groups excluding carboxylic acids is 1. The van der Waals surface area contributed by atoms with Crippen molar-refractivity contribution in [2.45, 2.75) is 51.7 Å². The van der Waals surface area contributed by atoms with Crippen LogP contribution in [-0.2, 0) is 4.74 Å². The molecule has 8 heteroatoms. The Bertz CT molecular complexity index is 1200. The van der Waals surface area contributed by atoms with Crippen molar-refractivity contribution in [1.82, 2.24) is 15.1 Å². The Labute approximate surface area is 216 Å². The van der Waals surface area contributed by atoms with Crippen molar-refractivity contribution in [2.24, 2.45) is 0 Å². The van der Waals surface area contributed by atoms with Gasteiger partial charge in [0.2, 0.25) is 0 Å². The number of H-pyrrole nitrogens is 1. The lowest BCUT2D eigenvalue weighted by molar-refractivity contribution is 0.0495. The van der Waals surface area contributed by atoms with Crippen LogP contribution in [0.4, 0.5) is 0 Å². The fourth-order valence-electron chi connectivity index (χ4n) is 4.98. The van der Waals surface area contributed by atoms with E-state index in [9.17, 15) is 4.79 Å². The van der Waals surface area contributed by atoms with E-state index >= 15 is 0 Å². The van der Waals surface area contributed by atoms with Gasteiger partial charge in [-0.25, -0.2) is 0 Å². The Balaban J connectivity index is 1.57. The Morgan fingerprint density at radius 1 is 1.14 bits per heavy atom. The number of hydrogen-bond donors (Lipinski definition) is 1. The van der Waals surface area contributed by atoms with Crippen LogP contribution in [0.15, 0.2) is 42.5 Å². The largest absolute Gasteiger partial charge is 0.490 e. The molecule has 0 bridgehead atoms. The fraction of sp³-hybridized carbons (Fsp3) is 0.429. The molecular weight excluding hydrogens is 478 g/mol. The molecule has 0 radical (unpaired) electrons. The maximum Gasteiger partial charge on any atom is 0.273 e. The smallest absolute Gasteiger partial charge is 0.273 e. The first-order chi connectivity index (χ1) is 17.6. The van der Waals surface area contributed by atoms with E-state index in [1.54, 1.807) is 0 Å². The molecule has 1 N–H and O–H groups in total. The van der Waals surface area contributed by atoms with Gasteiger partial charge in [-0.1, -0.05) is 43.1 Å². The summed E-state index contributed by atoms with van der Waals surface area (Å²) in [5.41, 5.74) is 3.98. The van der Waals surface area contributed by atoms with E-state index in [1.807, 2.05) is 54.3 Å². The maximum absolute atomic E-state index is 13.6. The summed E-state index contributed by atoms with van der Waals surface area (Å²) in [7, 11) is 0. The average molecular weight is 510 g/mol. The monoisotopic (exact) mass is 509 g/mol. The van der Waals surface area contributed by atoms with Crippen LogP contribution in [0.25, 0.3) is 11.3 Å². The second-order valence-electron chi connectivity index (χ2n) is 9.20. The molecule has 2 atom stereocenters. The summed E-state index contributed by atoms with van der Waals surface area (Å²) in [4.78, 5) is 15.5. The van der Waals surface area contributed by atoms with E-state index in [0.717, 1.165) is 60.4 Å². The van der Waals surface area contributed by atoms with Gasteiger partial charge in [-0.2, -0.15) is 5.10 Å². The molecule has 1 saturated heterocycles. The molecule has 36 heavy (non-hydrogen) atoms. The standard InChI is InChI=1S/C28H32ClN3O4/c1-3-5-14-36-22-13-10-19(16-23(22)34-4-2)27-24-25(18-8-11-20(29)12-9-18)30-31-26(24)28(33)32(27)17-21-7-6-15-35-21/h8-13,16,21,27H,3-7,14-15,17H2,1-2H3,(H,30,31). The van der Waals surface area contributed by atoms with Crippen LogP contribution in [0.1, 0.15) is 67.2 Å². The van der Waals surface area contributed by atoms with Gasteiger partial charge < -0.3 is 19.1 Å². The van der Waals surface area contributed by atoms with Crippen molar-refractivity contribution in [2.75, 3.05) is 26.4 Å². The molecule has 2 unspecified atom stereocenters. The summed E-state index contributed by atoms with van der Waals surface area (Å²) in [6.45, 7) is 6.50. The van der Waals surface area contributed by atoms with Gasteiger partial charge in [-0.15, -0.1) is 0 Å². The summed E-state index contributed by atoms with van der Waals surface area (Å²) in [5, 5.41) is 8.22. The van der Waals surface area contributed by atoms with Gasteiger partial charge in [0, 0.05) is 29.3 Å². The zero-order valence-electron chi connectivity index (χ0n) is 20.8. The lowest BCUT2D eigenvalue weighted by Crippen LogP contribution is -2.36. The van der Waals surface area contributed by atoms with Crippen molar-refractivity contribution in [3.05, 3.63) is 64.3 Å². The first kappa shape index (κ1) is 24.7. The summed E-state index contributed by atoms with van der Waals surface area (Å²) in [6.07, 6.45) is 4.01. The van der Waals surface area contributed by atoms with Crippen LogP contribution < -0.4 is 9.47 Å². The van der Waals surface area contributed by atoms with Crippen molar-refractivity contribution >= 4 is 17.5 Å². The van der Waals surface area contributed by atoms with Crippen molar-refractivity contribution in [3.8, 4) is 22.8 Å². The van der Waals surface area contributed by atoms with Crippen molar-refractivity contribution in [1.29, 1.82) is 0 Å². The van der Waals surface area contributed by atoms with E-state index in [4.69, 9.17) is 25.8 Å². The number of nitrogens with zero attached hydrogens (tertiary/aromatic N) is 2. The molecule has 3 aromatic rings. The zero-order valence-corrected chi connectivity index (χ0v) is 21.5. The number of rotatable bonds is 10. The lowest BCUT2D eigenvalue weighted by Gasteiger charge is -2.29. The van der Waals surface area contributed by atoms with Gasteiger partial charge in [-0.05, 0) is 56.0 Å². The number of hydrogen-bond acceptors (Lipinski definition) is 5. The number of aromatic amines is 1. The molecule has 3 heterocycles. The van der Waals surface area contributed by atoms with Crippen LogP contribution in [0.5, 0.6) is 11.5 Å². The number of ether oxygens (including phenoxy) is 3. The number of aromatic nitrogens is 2. The number of nitrogens with one attached hydrogen (secondary N) is 1. The Hall–Kier alpha value is -3.03. The maximum atomic E-state index is 13.6. The lowest BCUT2D eigenvalue weighted by atomic mass is 9.95. The van der Waals surface area contributed by atoms with Crippen LogP contribution in [0.3, 0.4) is 0 Å². The molecule has 190 valence electrons. The van der Waals surface area contributed by atoms with E-state index in [0.29, 0.717) is 36.2 Å². The topological polar surface area (TPSA) is 76.7 Å². The Kier molecular flexibility index (Phi) is 7.48. The van der Waals surface area contributed by atoms with Gasteiger partial charge >= 0.3 is 0 Å². The highest BCUT2D eigenvalue weighted by atomic mass is 35.5. The van der Waals surface area contributed by atoms with Crippen molar-refractivity contribution < 1.29 is 19.0 Å². The third-order valence-corrected chi connectivity index (χ3v) is 7.00. The molecule has 0 spiro atoms. The minimum Gasteiger partial charge on any atom is -0.490 e. The SMILES string of the molecule is CCCCOc1ccc(C2c3c(-c4ccc(Cl)cc4)n[nH]c3C(=O)N2CC2CCCO2)cc1OCC. The summed E-state index contributed by atoms with van der Waals surface area (Å²) >= 11 is 6.13. The third-order valence-electron chi connectivity index (χ3n) is 6.74. The Morgan fingerprint density at radius 3 is 2.69 bits per heavy atom. The fourth-order valence-corrected chi connectivity index (χ4v) is 5.10. The second kappa shape index (κ2) is 10.9. The number of fused-ring (bicyclic) bond motifs is 1. The molecule has 0 saturated carbocycles. The predicted molar refractivity (Wildman–Crippen MR) is 139 cm³/mol. The van der Waals surface area contributed by atoms with E-state index in [1.165, 1.54) is 0 Å². The van der Waals surface area contributed by atoms with E-state index < -0.39 is 0 Å². The quantitative estimate of drug-likeness (QED) is 0.337. The molecular formula is C28H32ClN3O4.